The fraction of sp³-hybridized carbons (Fsp3) is 0.211. The molecule has 1 heterocycles. The van der Waals surface area contributed by atoms with E-state index in [4.69, 9.17) is 16.3 Å². The van der Waals surface area contributed by atoms with E-state index in [1.54, 1.807) is 62.4 Å². The van der Waals surface area contributed by atoms with Crippen LogP contribution in [0.4, 0.5) is 5.69 Å². The maximum Gasteiger partial charge on any atom is 0.338 e. The number of esters is 1. The number of rotatable bonds is 6. The van der Waals surface area contributed by atoms with Crippen molar-refractivity contribution < 1.29 is 14.3 Å². The summed E-state index contributed by atoms with van der Waals surface area (Å²) in [6.07, 6.45) is -0.216. The molecular weight excluding hydrogens is 382 g/mol. The molecule has 0 atom stereocenters. The van der Waals surface area contributed by atoms with Gasteiger partial charge in [-0.2, -0.15) is 4.80 Å². The van der Waals surface area contributed by atoms with Crippen LogP contribution in [0.3, 0.4) is 0 Å². The molecule has 0 fully saturated rings. The third-order valence-corrected chi connectivity index (χ3v) is 3.91. The summed E-state index contributed by atoms with van der Waals surface area (Å²) in [4.78, 5) is 25.4. The van der Waals surface area contributed by atoms with Crippen LogP contribution in [0.1, 0.15) is 24.2 Å². The number of nitrogens with zero attached hydrogens (tertiary/aromatic N) is 4. The van der Waals surface area contributed by atoms with Gasteiger partial charge in [0.2, 0.25) is 11.7 Å². The van der Waals surface area contributed by atoms with Crippen molar-refractivity contribution in [2.75, 3.05) is 5.32 Å². The summed E-state index contributed by atoms with van der Waals surface area (Å²) in [5.74, 6) is -0.473. The molecule has 28 heavy (non-hydrogen) atoms. The Morgan fingerprint density at radius 1 is 1.18 bits per heavy atom. The molecule has 0 spiro atoms. The summed E-state index contributed by atoms with van der Waals surface area (Å²) in [5, 5.41) is 15.2. The first-order valence-corrected chi connectivity index (χ1v) is 8.94. The molecular formula is C19H18ClN5O3. The van der Waals surface area contributed by atoms with Gasteiger partial charge in [-0.15, -0.1) is 10.2 Å². The lowest BCUT2D eigenvalue weighted by Crippen LogP contribution is -2.20. The smallest absolute Gasteiger partial charge is 0.338 e. The SMILES string of the molecule is CC(C)OC(=O)c1cccc(-c2nnn(CC(=O)Nc3ccccc3Cl)n2)c1. The van der Waals surface area contributed by atoms with Gasteiger partial charge in [0, 0.05) is 5.56 Å². The van der Waals surface area contributed by atoms with Gasteiger partial charge in [0.05, 0.1) is 22.4 Å². The first-order valence-electron chi connectivity index (χ1n) is 8.56. The Balaban J connectivity index is 1.69. The second-order valence-electron chi connectivity index (χ2n) is 6.21. The van der Waals surface area contributed by atoms with Crippen molar-refractivity contribution in [1.29, 1.82) is 0 Å². The Morgan fingerprint density at radius 2 is 1.96 bits per heavy atom. The van der Waals surface area contributed by atoms with Crippen molar-refractivity contribution >= 4 is 29.2 Å². The minimum atomic E-state index is -0.427. The molecule has 1 N–H and O–H groups in total. The first-order chi connectivity index (χ1) is 13.4. The highest BCUT2D eigenvalue weighted by molar-refractivity contribution is 6.33. The number of anilines is 1. The number of aromatic nitrogens is 4. The lowest BCUT2D eigenvalue weighted by molar-refractivity contribution is -0.117. The quantitative estimate of drug-likeness (QED) is 0.639. The topological polar surface area (TPSA) is 99.0 Å². The van der Waals surface area contributed by atoms with Gasteiger partial charge in [0.1, 0.15) is 6.54 Å². The highest BCUT2D eigenvalue weighted by atomic mass is 35.5. The fourth-order valence-electron chi connectivity index (χ4n) is 2.37. The summed E-state index contributed by atoms with van der Waals surface area (Å²) < 4.78 is 5.19. The minimum absolute atomic E-state index is 0.132. The van der Waals surface area contributed by atoms with Crippen molar-refractivity contribution in [3.8, 4) is 11.4 Å². The zero-order valence-electron chi connectivity index (χ0n) is 15.3. The Bertz CT molecular complexity index is 1000. The summed E-state index contributed by atoms with van der Waals surface area (Å²) in [7, 11) is 0. The Labute approximate surface area is 166 Å². The molecule has 0 radical (unpaired) electrons. The number of para-hydroxylation sites is 1. The van der Waals surface area contributed by atoms with E-state index in [1.807, 2.05) is 0 Å². The molecule has 0 saturated heterocycles. The maximum absolute atomic E-state index is 12.2. The number of carbonyl (C=O) groups is 2. The summed E-state index contributed by atoms with van der Waals surface area (Å²) >= 11 is 6.02. The van der Waals surface area contributed by atoms with Crippen LogP contribution in [-0.4, -0.2) is 38.2 Å². The lowest BCUT2D eigenvalue weighted by atomic mass is 10.1. The second-order valence-corrected chi connectivity index (χ2v) is 6.61. The van der Waals surface area contributed by atoms with Crippen molar-refractivity contribution in [3.05, 3.63) is 59.1 Å². The number of benzene rings is 2. The van der Waals surface area contributed by atoms with Gasteiger partial charge in [0.25, 0.3) is 0 Å². The van der Waals surface area contributed by atoms with Gasteiger partial charge < -0.3 is 10.1 Å². The largest absolute Gasteiger partial charge is 0.459 e. The molecule has 144 valence electrons. The van der Waals surface area contributed by atoms with Gasteiger partial charge in [-0.25, -0.2) is 4.79 Å². The van der Waals surface area contributed by atoms with Gasteiger partial charge in [-0.05, 0) is 43.3 Å². The van der Waals surface area contributed by atoms with Gasteiger partial charge in [0.15, 0.2) is 0 Å². The van der Waals surface area contributed by atoms with Crippen LogP contribution in [0.15, 0.2) is 48.5 Å². The molecule has 0 bridgehead atoms. The van der Waals surface area contributed by atoms with E-state index in [0.29, 0.717) is 27.7 Å². The second kappa shape index (κ2) is 8.62. The van der Waals surface area contributed by atoms with E-state index in [9.17, 15) is 9.59 Å². The number of carbonyl (C=O) groups excluding carboxylic acids is 2. The van der Waals surface area contributed by atoms with Crippen LogP contribution in [-0.2, 0) is 16.1 Å². The maximum atomic E-state index is 12.2. The molecule has 0 aliphatic carbocycles. The number of tetrazole rings is 1. The molecule has 0 aliphatic heterocycles. The van der Waals surface area contributed by atoms with Crippen LogP contribution in [0.5, 0.6) is 0 Å². The summed E-state index contributed by atoms with van der Waals surface area (Å²) in [6, 6.07) is 13.6. The zero-order chi connectivity index (χ0) is 20.1. The number of hydrogen-bond acceptors (Lipinski definition) is 6. The third-order valence-electron chi connectivity index (χ3n) is 3.59. The van der Waals surface area contributed by atoms with Crippen LogP contribution in [0.2, 0.25) is 5.02 Å². The molecule has 1 aromatic heterocycles. The van der Waals surface area contributed by atoms with Crippen LogP contribution < -0.4 is 5.32 Å². The van der Waals surface area contributed by atoms with E-state index in [2.05, 4.69) is 20.7 Å². The number of hydrogen-bond donors (Lipinski definition) is 1. The molecule has 0 saturated carbocycles. The first kappa shape index (κ1) is 19.5. The monoisotopic (exact) mass is 399 g/mol. The van der Waals surface area contributed by atoms with Crippen LogP contribution >= 0.6 is 11.6 Å². The Kier molecular flexibility index (Phi) is 6.00. The summed E-state index contributed by atoms with van der Waals surface area (Å²) in [6.45, 7) is 3.43. The number of nitrogens with one attached hydrogen (secondary N) is 1. The van der Waals surface area contributed by atoms with Crippen molar-refractivity contribution in [2.24, 2.45) is 0 Å². The molecule has 3 rings (SSSR count). The highest BCUT2D eigenvalue weighted by Gasteiger charge is 2.14. The van der Waals surface area contributed by atoms with Gasteiger partial charge in [-0.1, -0.05) is 35.9 Å². The van der Waals surface area contributed by atoms with Crippen molar-refractivity contribution in [2.45, 2.75) is 26.5 Å². The fourth-order valence-corrected chi connectivity index (χ4v) is 2.56. The highest BCUT2D eigenvalue weighted by Crippen LogP contribution is 2.20. The average Bonchev–Trinajstić information content (AvgIpc) is 3.11. The van der Waals surface area contributed by atoms with Crippen molar-refractivity contribution in [1.82, 2.24) is 20.2 Å². The lowest BCUT2D eigenvalue weighted by Gasteiger charge is -2.08. The van der Waals surface area contributed by atoms with Gasteiger partial charge >= 0.3 is 5.97 Å². The van der Waals surface area contributed by atoms with E-state index in [0.717, 1.165) is 0 Å². The van der Waals surface area contributed by atoms with Crippen LogP contribution in [0.25, 0.3) is 11.4 Å². The summed E-state index contributed by atoms with van der Waals surface area (Å²) in [5.41, 5.74) is 1.49. The number of halogens is 1. The Hall–Kier alpha value is -3.26. The normalized spacial score (nSPS) is 10.7. The Morgan fingerprint density at radius 3 is 2.71 bits per heavy atom. The van der Waals surface area contributed by atoms with Crippen molar-refractivity contribution in [3.63, 3.8) is 0 Å². The molecule has 9 heteroatoms. The third kappa shape index (κ3) is 4.92. The van der Waals surface area contributed by atoms with E-state index < -0.39 is 5.97 Å². The molecule has 8 nitrogen and oxygen atoms in total. The standard InChI is InChI=1S/C19H18ClN5O3/c1-12(2)28-19(27)14-7-5-6-13(10-14)18-22-24-25(23-18)11-17(26)21-16-9-4-3-8-15(16)20/h3-10,12H,11H2,1-2H3,(H,21,26). The van der Waals surface area contributed by atoms with E-state index >= 15 is 0 Å². The van der Waals surface area contributed by atoms with E-state index in [-0.39, 0.29) is 18.6 Å². The molecule has 3 aromatic rings. The molecule has 0 aliphatic rings. The van der Waals surface area contributed by atoms with Crippen LogP contribution in [0, 0.1) is 0 Å². The number of ether oxygens (including phenoxy) is 1. The molecule has 2 aromatic carbocycles. The zero-order valence-corrected chi connectivity index (χ0v) is 16.1. The minimum Gasteiger partial charge on any atom is -0.459 e. The average molecular weight is 400 g/mol. The van der Waals surface area contributed by atoms with E-state index in [1.165, 1.54) is 4.80 Å². The van der Waals surface area contributed by atoms with Gasteiger partial charge in [-0.3, -0.25) is 4.79 Å². The predicted molar refractivity (Wildman–Crippen MR) is 104 cm³/mol. The molecule has 0 unspecified atom stereocenters. The molecule has 1 amide bonds. The number of amides is 1. The predicted octanol–water partition coefficient (Wildman–Crippen LogP) is 3.20.